The minimum Gasteiger partial charge on any atom is -0.342 e. The predicted octanol–water partition coefficient (Wildman–Crippen LogP) is 3.80. The molecular formula is C20H21N3O2S2. The lowest BCUT2D eigenvalue weighted by molar-refractivity contribution is -0.129. The number of thioether (sulfide) groups is 1. The molecule has 0 atom stereocenters. The maximum atomic E-state index is 13.0. The molecule has 0 spiro atoms. The predicted molar refractivity (Wildman–Crippen MR) is 111 cm³/mol. The van der Waals surface area contributed by atoms with Gasteiger partial charge in [0.1, 0.15) is 4.70 Å². The third-order valence-corrected chi connectivity index (χ3v) is 6.74. The van der Waals surface area contributed by atoms with Crippen molar-refractivity contribution < 1.29 is 4.79 Å². The number of piperidine rings is 1. The molecule has 7 heteroatoms. The van der Waals surface area contributed by atoms with Crippen LogP contribution in [0.3, 0.4) is 0 Å². The molecule has 0 unspecified atom stereocenters. The summed E-state index contributed by atoms with van der Waals surface area (Å²) in [6, 6.07) is 11.3. The quantitative estimate of drug-likeness (QED) is 0.495. The SMILES string of the molecule is CC1CCN(C(=O)CSc2nc3ccsc3c(=O)n2-c2ccccc2)CC1. The van der Waals surface area contributed by atoms with Crippen molar-refractivity contribution in [2.75, 3.05) is 18.8 Å². The fourth-order valence-corrected chi connectivity index (χ4v) is 4.94. The van der Waals surface area contributed by atoms with Gasteiger partial charge >= 0.3 is 0 Å². The second-order valence-electron chi connectivity index (χ2n) is 6.86. The summed E-state index contributed by atoms with van der Waals surface area (Å²) in [6.07, 6.45) is 2.12. The third-order valence-electron chi connectivity index (χ3n) is 4.92. The molecule has 140 valence electrons. The molecule has 0 aliphatic carbocycles. The van der Waals surface area contributed by atoms with E-state index in [0.717, 1.165) is 31.6 Å². The molecule has 1 aromatic carbocycles. The monoisotopic (exact) mass is 399 g/mol. The molecule has 0 N–H and O–H groups in total. The second kappa shape index (κ2) is 7.86. The van der Waals surface area contributed by atoms with Crippen molar-refractivity contribution in [2.45, 2.75) is 24.9 Å². The van der Waals surface area contributed by atoms with E-state index in [2.05, 4.69) is 11.9 Å². The van der Waals surface area contributed by atoms with Crippen LogP contribution in [0, 0.1) is 5.92 Å². The van der Waals surface area contributed by atoms with E-state index in [9.17, 15) is 9.59 Å². The summed E-state index contributed by atoms with van der Waals surface area (Å²) >= 11 is 2.74. The van der Waals surface area contributed by atoms with Crippen molar-refractivity contribution in [3.05, 3.63) is 52.1 Å². The van der Waals surface area contributed by atoms with Crippen LogP contribution in [0.2, 0.25) is 0 Å². The Labute approximate surface area is 166 Å². The molecule has 3 heterocycles. The maximum absolute atomic E-state index is 13.0. The molecule has 4 rings (SSSR count). The fraction of sp³-hybridized carbons (Fsp3) is 0.350. The highest BCUT2D eigenvalue weighted by molar-refractivity contribution is 7.99. The number of carbonyl (C=O) groups is 1. The number of carbonyl (C=O) groups excluding carboxylic acids is 1. The van der Waals surface area contributed by atoms with Gasteiger partial charge in [0.15, 0.2) is 5.16 Å². The first-order chi connectivity index (χ1) is 13.1. The Kier molecular flexibility index (Phi) is 5.31. The number of benzene rings is 1. The van der Waals surface area contributed by atoms with Crippen LogP contribution in [0.25, 0.3) is 15.9 Å². The third kappa shape index (κ3) is 3.80. The first-order valence-corrected chi connectivity index (χ1v) is 11.0. The Bertz CT molecular complexity index is 1000. The minimum atomic E-state index is -0.0806. The van der Waals surface area contributed by atoms with Crippen molar-refractivity contribution in [3.8, 4) is 5.69 Å². The van der Waals surface area contributed by atoms with E-state index in [0.29, 0.717) is 27.0 Å². The number of hydrogen-bond donors (Lipinski definition) is 0. The number of nitrogens with zero attached hydrogens (tertiary/aromatic N) is 3. The normalized spacial score (nSPS) is 15.4. The Balaban J connectivity index is 1.63. The number of aromatic nitrogens is 2. The average molecular weight is 400 g/mol. The molecule has 1 fully saturated rings. The molecule has 0 saturated carbocycles. The van der Waals surface area contributed by atoms with Crippen molar-refractivity contribution in [2.24, 2.45) is 5.92 Å². The summed E-state index contributed by atoms with van der Waals surface area (Å²) in [4.78, 5) is 32.2. The van der Waals surface area contributed by atoms with Gasteiger partial charge in [-0.2, -0.15) is 0 Å². The molecular weight excluding hydrogens is 378 g/mol. The smallest absolute Gasteiger partial charge is 0.276 e. The fourth-order valence-electron chi connectivity index (χ4n) is 3.27. The molecule has 1 aliphatic rings. The lowest BCUT2D eigenvalue weighted by Crippen LogP contribution is -2.39. The van der Waals surface area contributed by atoms with Crippen LogP contribution >= 0.6 is 23.1 Å². The zero-order valence-corrected chi connectivity index (χ0v) is 16.8. The first kappa shape index (κ1) is 18.3. The highest BCUT2D eigenvalue weighted by Crippen LogP contribution is 2.24. The molecule has 2 aromatic heterocycles. The largest absolute Gasteiger partial charge is 0.342 e. The van der Waals surface area contributed by atoms with Gasteiger partial charge in [-0.05, 0) is 42.3 Å². The van der Waals surface area contributed by atoms with E-state index in [1.54, 1.807) is 4.57 Å². The number of hydrogen-bond acceptors (Lipinski definition) is 5. The number of fused-ring (bicyclic) bond motifs is 1. The van der Waals surface area contributed by atoms with Crippen LogP contribution in [0.1, 0.15) is 19.8 Å². The van der Waals surface area contributed by atoms with E-state index in [1.165, 1.54) is 23.1 Å². The molecule has 27 heavy (non-hydrogen) atoms. The number of thiophene rings is 1. The van der Waals surface area contributed by atoms with Crippen molar-refractivity contribution in [1.82, 2.24) is 14.5 Å². The van der Waals surface area contributed by atoms with E-state index in [-0.39, 0.29) is 11.5 Å². The van der Waals surface area contributed by atoms with Crippen molar-refractivity contribution in [1.29, 1.82) is 0 Å². The highest BCUT2D eigenvalue weighted by atomic mass is 32.2. The molecule has 1 saturated heterocycles. The maximum Gasteiger partial charge on any atom is 0.276 e. The van der Waals surface area contributed by atoms with Crippen molar-refractivity contribution in [3.63, 3.8) is 0 Å². The summed E-state index contributed by atoms with van der Waals surface area (Å²) < 4.78 is 2.26. The summed E-state index contributed by atoms with van der Waals surface area (Å²) in [6.45, 7) is 3.88. The highest BCUT2D eigenvalue weighted by Gasteiger charge is 2.21. The zero-order chi connectivity index (χ0) is 18.8. The zero-order valence-electron chi connectivity index (χ0n) is 15.1. The molecule has 1 aliphatic heterocycles. The number of likely N-dealkylation sites (tertiary alicyclic amines) is 1. The average Bonchev–Trinajstić information content (AvgIpc) is 3.16. The summed E-state index contributed by atoms with van der Waals surface area (Å²) in [7, 11) is 0. The standard InChI is InChI=1S/C20H21N3O2S2/c1-14-7-10-22(11-8-14)17(24)13-27-20-21-16-9-12-26-18(16)19(25)23(20)15-5-3-2-4-6-15/h2-6,9,12,14H,7-8,10-11,13H2,1H3. The van der Waals surface area contributed by atoms with Crippen LogP contribution in [0.4, 0.5) is 0 Å². The summed E-state index contributed by atoms with van der Waals surface area (Å²) in [5.41, 5.74) is 1.38. The van der Waals surface area contributed by atoms with Crippen LogP contribution < -0.4 is 5.56 Å². The van der Waals surface area contributed by atoms with Gasteiger partial charge in [0.25, 0.3) is 5.56 Å². The lowest BCUT2D eigenvalue weighted by atomic mass is 9.99. The minimum absolute atomic E-state index is 0.0806. The molecule has 0 radical (unpaired) electrons. The number of amides is 1. The van der Waals surface area contributed by atoms with Crippen LogP contribution in [0.15, 0.2) is 51.7 Å². The molecule has 5 nitrogen and oxygen atoms in total. The topological polar surface area (TPSA) is 55.2 Å². The van der Waals surface area contributed by atoms with Gasteiger partial charge in [-0.15, -0.1) is 11.3 Å². The Morgan fingerprint density at radius 2 is 1.96 bits per heavy atom. The van der Waals surface area contributed by atoms with E-state index in [1.807, 2.05) is 46.7 Å². The van der Waals surface area contributed by atoms with Gasteiger partial charge in [0, 0.05) is 13.1 Å². The van der Waals surface area contributed by atoms with Gasteiger partial charge in [-0.25, -0.2) is 4.98 Å². The van der Waals surface area contributed by atoms with E-state index in [4.69, 9.17) is 0 Å². The molecule has 1 amide bonds. The van der Waals surface area contributed by atoms with Gasteiger partial charge in [-0.1, -0.05) is 36.9 Å². The van der Waals surface area contributed by atoms with Gasteiger partial charge in [-0.3, -0.25) is 14.2 Å². The summed E-state index contributed by atoms with van der Waals surface area (Å²) in [5.74, 6) is 1.10. The van der Waals surface area contributed by atoms with E-state index >= 15 is 0 Å². The van der Waals surface area contributed by atoms with Gasteiger partial charge in [0.2, 0.25) is 5.91 Å². The second-order valence-corrected chi connectivity index (χ2v) is 8.72. The van der Waals surface area contributed by atoms with Crippen LogP contribution in [-0.4, -0.2) is 39.2 Å². The van der Waals surface area contributed by atoms with E-state index < -0.39 is 0 Å². The lowest BCUT2D eigenvalue weighted by Gasteiger charge is -2.30. The Morgan fingerprint density at radius 1 is 1.22 bits per heavy atom. The Morgan fingerprint density at radius 3 is 2.70 bits per heavy atom. The van der Waals surface area contributed by atoms with Crippen LogP contribution in [0.5, 0.6) is 0 Å². The van der Waals surface area contributed by atoms with Gasteiger partial charge in [0.05, 0.1) is 17.0 Å². The number of rotatable bonds is 4. The first-order valence-electron chi connectivity index (χ1n) is 9.10. The van der Waals surface area contributed by atoms with Crippen molar-refractivity contribution >= 4 is 39.2 Å². The Hall–Kier alpha value is -2.12. The molecule has 3 aromatic rings. The van der Waals surface area contributed by atoms with Crippen LogP contribution in [-0.2, 0) is 4.79 Å². The number of para-hydroxylation sites is 1. The summed E-state index contributed by atoms with van der Waals surface area (Å²) in [5, 5.41) is 2.44. The molecule has 0 bridgehead atoms. The van der Waals surface area contributed by atoms with Gasteiger partial charge < -0.3 is 4.90 Å².